The molecule has 3 aromatic carbocycles. The van der Waals surface area contributed by atoms with E-state index in [1.165, 1.54) is 0 Å². The number of aryl methyl sites for hydroxylation is 2. The number of nitrogens with zero attached hydrogens (tertiary/aromatic N) is 1. The number of aromatic hydroxyl groups is 1. The predicted octanol–water partition coefficient (Wildman–Crippen LogP) is 5.38. The van der Waals surface area contributed by atoms with Crippen molar-refractivity contribution in [2.45, 2.75) is 38.5 Å². The van der Waals surface area contributed by atoms with Gasteiger partial charge in [-0.25, -0.2) is 0 Å². The van der Waals surface area contributed by atoms with Crippen molar-refractivity contribution < 1.29 is 13.5 Å². The highest BCUT2D eigenvalue weighted by Gasteiger charge is 2.17. The molecule has 30 heavy (non-hydrogen) atoms. The van der Waals surface area contributed by atoms with Crippen LogP contribution >= 0.6 is 0 Å². The molecule has 0 aliphatic carbocycles. The lowest BCUT2D eigenvalue weighted by Gasteiger charge is -2.16. The second-order valence-electron chi connectivity index (χ2n) is 7.60. The van der Waals surface area contributed by atoms with E-state index in [2.05, 4.69) is 9.71 Å². The summed E-state index contributed by atoms with van der Waals surface area (Å²) in [5.74, 6) is 0.553. The van der Waals surface area contributed by atoms with Crippen LogP contribution in [-0.2, 0) is 10.0 Å². The normalized spacial score (nSPS) is 12.2. The summed E-state index contributed by atoms with van der Waals surface area (Å²) >= 11 is 0. The highest BCUT2D eigenvalue weighted by atomic mass is 32.2. The lowest BCUT2D eigenvalue weighted by Crippen LogP contribution is -2.17. The van der Waals surface area contributed by atoms with Crippen molar-refractivity contribution in [2.24, 2.45) is 4.40 Å². The molecule has 0 radical (unpaired) electrons. The van der Waals surface area contributed by atoms with E-state index in [4.69, 9.17) is 0 Å². The van der Waals surface area contributed by atoms with Crippen LogP contribution in [0.3, 0.4) is 0 Å². The van der Waals surface area contributed by atoms with E-state index >= 15 is 0 Å². The van der Waals surface area contributed by atoms with E-state index in [1.54, 1.807) is 42.5 Å². The highest BCUT2D eigenvalue weighted by molar-refractivity contribution is 7.90. The van der Waals surface area contributed by atoms with Crippen molar-refractivity contribution in [3.05, 3.63) is 89.0 Å². The SMILES string of the molecule is Cc1ccc(S(=O)(=O)/N=C(\Nc2cc(C(C)C)c(O)cc2C)c2ccccc2)cc1. The van der Waals surface area contributed by atoms with E-state index in [1.807, 2.05) is 52.0 Å². The van der Waals surface area contributed by atoms with Crippen molar-refractivity contribution >= 4 is 21.5 Å². The van der Waals surface area contributed by atoms with Crippen LogP contribution < -0.4 is 5.32 Å². The monoisotopic (exact) mass is 422 g/mol. The van der Waals surface area contributed by atoms with Gasteiger partial charge in [0, 0.05) is 11.3 Å². The molecular weight excluding hydrogens is 396 g/mol. The van der Waals surface area contributed by atoms with E-state index in [0.29, 0.717) is 11.3 Å². The number of benzene rings is 3. The number of anilines is 1. The molecule has 0 bridgehead atoms. The molecule has 0 aliphatic rings. The fourth-order valence-electron chi connectivity index (χ4n) is 3.06. The van der Waals surface area contributed by atoms with Crippen LogP contribution in [-0.4, -0.2) is 19.4 Å². The quantitative estimate of drug-likeness (QED) is 0.329. The fraction of sp³-hybridized carbons (Fsp3) is 0.208. The van der Waals surface area contributed by atoms with E-state index in [0.717, 1.165) is 16.7 Å². The van der Waals surface area contributed by atoms with Crippen molar-refractivity contribution in [1.29, 1.82) is 0 Å². The van der Waals surface area contributed by atoms with Crippen LogP contribution in [0.1, 0.15) is 42.0 Å². The second kappa shape index (κ2) is 8.71. The number of hydrogen-bond donors (Lipinski definition) is 2. The summed E-state index contributed by atoms with van der Waals surface area (Å²) in [5.41, 5.74) is 3.87. The summed E-state index contributed by atoms with van der Waals surface area (Å²) in [5, 5.41) is 13.4. The molecule has 5 nitrogen and oxygen atoms in total. The highest BCUT2D eigenvalue weighted by Crippen LogP contribution is 2.31. The first-order chi connectivity index (χ1) is 14.2. The van der Waals surface area contributed by atoms with E-state index in [9.17, 15) is 13.5 Å². The number of phenolic OH excluding ortho intramolecular Hbond substituents is 1. The fourth-order valence-corrected chi connectivity index (χ4v) is 4.04. The standard InChI is InChI=1S/C24H26N2O3S/c1-16(2)21-15-22(18(4)14-23(21)27)25-24(19-8-6-5-7-9-19)26-30(28,29)20-12-10-17(3)11-13-20/h5-16,27H,1-4H3,(H,25,26). The summed E-state index contributed by atoms with van der Waals surface area (Å²) in [6, 6.07) is 19.2. The molecule has 6 heteroatoms. The van der Waals surface area contributed by atoms with Crippen LogP contribution in [0.4, 0.5) is 5.69 Å². The van der Waals surface area contributed by atoms with Gasteiger partial charge >= 0.3 is 0 Å². The van der Waals surface area contributed by atoms with Gasteiger partial charge in [0.15, 0.2) is 5.84 Å². The number of sulfonamides is 1. The molecule has 0 atom stereocenters. The number of phenols is 1. The molecule has 0 aromatic heterocycles. The van der Waals surface area contributed by atoms with Crippen molar-refractivity contribution in [3.63, 3.8) is 0 Å². The first-order valence-corrected chi connectivity index (χ1v) is 11.2. The molecule has 0 saturated carbocycles. The Morgan fingerprint density at radius 1 is 0.967 bits per heavy atom. The number of amidine groups is 1. The Bertz CT molecular complexity index is 1170. The van der Waals surface area contributed by atoms with Crippen molar-refractivity contribution in [3.8, 4) is 5.75 Å². The Kier molecular flexibility index (Phi) is 6.27. The van der Waals surface area contributed by atoms with Gasteiger partial charge in [-0.15, -0.1) is 4.40 Å². The Labute approximate surface area is 178 Å². The Balaban J connectivity index is 2.10. The topological polar surface area (TPSA) is 78.8 Å². The van der Waals surface area contributed by atoms with Gasteiger partial charge < -0.3 is 10.4 Å². The molecule has 0 spiro atoms. The van der Waals surface area contributed by atoms with Gasteiger partial charge in [0.2, 0.25) is 0 Å². The van der Waals surface area contributed by atoms with Gasteiger partial charge in [0.1, 0.15) is 5.75 Å². The molecule has 0 saturated heterocycles. The minimum Gasteiger partial charge on any atom is -0.508 e. The molecule has 0 aliphatic heterocycles. The van der Waals surface area contributed by atoms with Crippen LogP contribution in [0, 0.1) is 13.8 Å². The van der Waals surface area contributed by atoms with Gasteiger partial charge in [-0.3, -0.25) is 0 Å². The van der Waals surface area contributed by atoms with E-state index in [-0.39, 0.29) is 22.4 Å². The summed E-state index contributed by atoms with van der Waals surface area (Å²) in [6.45, 7) is 7.73. The molecule has 156 valence electrons. The summed E-state index contributed by atoms with van der Waals surface area (Å²) < 4.78 is 30.1. The van der Waals surface area contributed by atoms with Crippen LogP contribution in [0.5, 0.6) is 5.75 Å². The maximum Gasteiger partial charge on any atom is 0.284 e. The molecule has 0 heterocycles. The van der Waals surface area contributed by atoms with Crippen LogP contribution in [0.15, 0.2) is 76.0 Å². The minimum absolute atomic E-state index is 0.111. The number of hydrogen-bond acceptors (Lipinski definition) is 3. The minimum atomic E-state index is -3.92. The smallest absolute Gasteiger partial charge is 0.284 e. The lowest BCUT2D eigenvalue weighted by molar-refractivity contribution is 0.464. The largest absolute Gasteiger partial charge is 0.508 e. The molecular formula is C24H26N2O3S. The number of nitrogens with one attached hydrogen (secondary N) is 1. The Hall–Kier alpha value is -3.12. The summed E-state index contributed by atoms with van der Waals surface area (Å²) in [7, 11) is -3.92. The van der Waals surface area contributed by atoms with E-state index < -0.39 is 10.0 Å². The molecule has 3 rings (SSSR count). The summed E-state index contributed by atoms with van der Waals surface area (Å²) in [6.07, 6.45) is 0. The molecule has 2 N–H and O–H groups in total. The maximum absolute atomic E-state index is 13.0. The third kappa shape index (κ3) is 4.89. The van der Waals surface area contributed by atoms with Crippen LogP contribution in [0.25, 0.3) is 0 Å². The first kappa shape index (κ1) is 21.6. The van der Waals surface area contributed by atoms with Gasteiger partial charge in [0.25, 0.3) is 10.0 Å². The Morgan fingerprint density at radius 3 is 2.20 bits per heavy atom. The van der Waals surface area contributed by atoms with Gasteiger partial charge in [-0.1, -0.05) is 61.9 Å². The molecule has 0 amide bonds. The first-order valence-electron chi connectivity index (χ1n) is 9.75. The van der Waals surface area contributed by atoms with Crippen molar-refractivity contribution in [1.82, 2.24) is 0 Å². The maximum atomic E-state index is 13.0. The molecule has 0 fully saturated rings. The Morgan fingerprint density at radius 2 is 1.60 bits per heavy atom. The third-order valence-electron chi connectivity index (χ3n) is 4.83. The average Bonchev–Trinajstić information content (AvgIpc) is 2.70. The number of rotatable bonds is 5. The predicted molar refractivity (Wildman–Crippen MR) is 122 cm³/mol. The zero-order valence-electron chi connectivity index (χ0n) is 17.5. The second-order valence-corrected chi connectivity index (χ2v) is 9.20. The van der Waals surface area contributed by atoms with Gasteiger partial charge in [-0.2, -0.15) is 8.42 Å². The third-order valence-corrected chi connectivity index (χ3v) is 6.12. The lowest BCUT2D eigenvalue weighted by atomic mass is 9.99. The van der Waals surface area contributed by atoms with Gasteiger partial charge in [0.05, 0.1) is 4.90 Å². The summed E-state index contributed by atoms with van der Waals surface area (Å²) in [4.78, 5) is 0.133. The van der Waals surface area contributed by atoms with Crippen LogP contribution in [0.2, 0.25) is 0 Å². The van der Waals surface area contributed by atoms with Gasteiger partial charge in [-0.05, 0) is 55.2 Å². The molecule has 3 aromatic rings. The molecule has 0 unspecified atom stereocenters. The average molecular weight is 423 g/mol. The van der Waals surface area contributed by atoms with Crippen molar-refractivity contribution in [2.75, 3.05) is 5.32 Å². The zero-order chi connectivity index (χ0) is 21.9. The zero-order valence-corrected chi connectivity index (χ0v) is 18.4.